The Kier molecular flexibility index (Phi) is 18.0. The number of carbonyl (C=O) groups excluding carboxylic acids is 2. The standard InChI is InChI=1S/C32H54O4/c1-23(2)20-28(8)21-27(7)18-12-16-25(5)14-11-15-26(6)17-13-19-29(9)36-31(33)22-30(24(3)4)32(34)35-10/h14,17-18,20,24,28-30H,11-13,15-16,19,21-22H2,1-10H3/b25-14+,26-17+,27-18+. The molecular weight excluding hydrogens is 448 g/mol. The molecule has 36 heavy (non-hydrogen) atoms. The molecule has 0 saturated heterocycles. The summed E-state index contributed by atoms with van der Waals surface area (Å²) in [5, 5.41) is 0. The highest BCUT2D eigenvalue weighted by molar-refractivity contribution is 5.80. The maximum absolute atomic E-state index is 12.2. The number of esters is 2. The molecule has 0 aromatic carbocycles. The van der Waals surface area contributed by atoms with Gasteiger partial charge in [-0.05, 0) is 98.3 Å². The van der Waals surface area contributed by atoms with Gasteiger partial charge in [0.2, 0.25) is 0 Å². The molecule has 0 saturated carbocycles. The lowest BCUT2D eigenvalue weighted by Gasteiger charge is -2.19. The van der Waals surface area contributed by atoms with E-state index in [1.807, 2.05) is 20.8 Å². The molecule has 0 aromatic heterocycles. The highest BCUT2D eigenvalue weighted by Gasteiger charge is 2.27. The molecule has 0 bridgehead atoms. The SMILES string of the molecule is COC(=O)C(CC(=O)OC(C)CC/C=C(\C)CC/C=C(\C)CC/C=C(\C)CC(C)C=C(C)C)C(C)C. The summed E-state index contributed by atoms with van der Waals surface area (Å²) >= 11 is 0. The quantitative estimate of drug-likeness (QED) is 0.147. The van der Waals surface area contributed by atoms with Crippen molar-refractivity contribution in [1.82, 2.24) is 0 Å². The number of methoxy groups -OCH3 is 1. The fourth-order valence-corrected chi connectivity index (χ4v) is 4.33. The van der Waals surface area contributed by atoms with Gasteiger partial charge in [-0.2, -0.15) is 0 Å². The Hall–Kier alpha value is -2.10. The Labute approximate surface area is 222 Å². The van der Waals surface area contributed by atoms with E-state index >= 15 is 0 Å². The molecule has 0 spiro atoms. The molecule has 0 heterocycles. The third kappa shape index (κ3) is 17.3. The molecule has 3 atom stereocenters. The first-order valence-corrected chi connectivity index (χ1v) is 13.7. The maximum atomic E-state index is 12.2. The average molecular weight is 503 g/mol. The Morgan fingerprint density at radius 1 is 0.750 bits per heavy atom. The van der Waals surface area contributed by atoms with Crippen LogP contribution in [0.25, 0.3) is 0 Å². The summed E-state index contributed by atoms with van der Waals surface area (Å²) in [6, 6.07) is 0. The van der Waals surface area contributed by atoms with Crippen molar-refractivity contribution in [1.29, 1.82) is 0 Å². The smallest absolute Gasteiger partial charge is 0.309 e. The number of rotatable bonds is 17. The molecule has 0 aliphatic carbocycles. The molecule has 0 fully saturated rings. The van der Waals surface area contributed by atoms with Crippen LogP contribution >= 0.6 is 0 Å². The Morgan fingerprint density at radius 3 is 1.78 bits per heavy atom. The van der Waals surface area contributed by atoms with Crippen LogP contribution in [0.1, 0.15) is 114 Å². The third-order valence-corrected chi connectivity index (χ3v) is 6.42. The first kappa shape index (κ1) is 33.9. The van der Waals surface area contributed by atoms with Gasteiger partial charge in [0.1, 0.15) is 0 Å². The van der Waals surface area contributed by atoms with E-state index in [-0.39, 0.29) is 30.4 Å². The molecule has 0 N–H and O–H groups in total. The largest absolute Gasteiger partial charge is 0.469 e. The fourth-order valence-electron chi connectivity index (χ4n) is 4.33. The van der Waals surface area contributed by atoms with Crippen molar-refractivity contribution in [3.05, 3.63) is 46.6 Å². The summed E-state index contributed by atoms with van der Waals surface area (Å²) in [6.45, 7) is 19.0. The Balaban J connectivity index is 4.31. The van der Waals surface area contributed by atoms with Crippen molar-refractivity contribution >= 4 is 11.9 Å². The molecule has 4 heteroatoms. The summed E-state index contributed by atoms with van der Waals surface area (Å²) in [6.07, 6.45) is 16.4. The van der Waals surface area contributed by atoms with Gasteiger partial charge in [0, 0.05) is 0 Å². The van der Waals surface area contributed by atoms with Crippen LogP contribution in [0.15, 0.2) is 46.6 Å². The van der Waals surface area contributed by atoms with Gasteiger partial charge in [0.15, 0.2) is 0 Å². The van der Waals surface area contributed by atoms with E-state index in [1.54, 1.807) is 0 Å². The van der Waals surface area contributed by atoms with Crippen LogP contribution in [0.5, 0.6) is 0 Å². The lowest BCUT2D eigenvalue weighted by atomic mass is 9.93. The number of ether oxygens (including phenoxy) is 2. The van der Waals surface area contributed by atoms with Crippen molar-refractivity contribution in [3.63, 3.8) is 0 Å². The predicted octanol–water partition coefficient (Wildman–Crippen LogP) is 8.93. The van der Waals surface area contributed by atoms with Crippen LogP contribution in [-0.4, -0.2) is 25.2 Å². The number of carbonyl (C=O) groups is 2. The topological polar surface area (TPSA) is 52.6 Å². The van der Waals surface area contributed by atoms with Gasteiger partial charge in [0.25, 0.3) is 0 Å². The van der Waals surface area contributed by atoms with Crippen LogP contribution in [0, 0.1) is 17.8 Å². The van der Waals surface area contributed by atoms with E-state index in [4.69, 9.17) is 9.47 Å². The van der Waals surface area contributed by atoms with Gasteiger partial charge in [0.05, 0.1) is 25.6 Å². The molecule has 0 aliphatic heterocycles. The minimum Gasteiger partial charge on any atom is -0.469 e. The average Bonchev–Trinajstić information content (AvgIpc) is 2.75. The van der Waals surface area contributed by atoms with Crippen LogP contribution in [0.3, 0.4) is 0 Å². The van der Waals surface area contributed by atoms with Crippen molar-refractivity contribution in [2.45, 2.75) is 120 Å². The van der Waals surface area contributed by atoms with E-state index in [0.29, 0.717) is 5.92 Å². The van der Waals surface area contributed by atoms with E-state index in [1.165, 1.54) is 29.4 Å². The van der Waals surface area contributed by atoms with Crippen molar-refractivity contribution in [3.8, 4) is 0 Å². The Bertz CT molecular complexity index is 778. The molecule has 4 nitrogen and oxygen atoms in total. The number of allylic oxidation sites excluding steroid dienone is 8. The van der Waals surface area contributed by atoms with E-state index < -0.39 is 5.92 Å². The molecule has 3 unspecified atom stereocenters. The zero-order valence-corrected chi connectivity index (χ0v) is 24.9. The number of hydrogen-bond acceptors (Lipinski definition) is 4. The highest BCUT2D eigenvalue weighted by Crippen LogP contribution is 2.19. The normalized spacial score (nSPS) is 15.4. The molecule has 0 aromatic rings. The first-order chi connectivity index (χ1) is 16.8. The molecule has 0 radical (unpaired) electrons. The lowest BCUT2D eigenvalue weighted by Crippen LogP contribution is -2.27. The summed E-state index contributed by atoms with van der Waals surface area (Å²) in [5.41, 5.74) is 5.70. The molecule has 0 aliphatic rings. The summed E-state index contributed by atoms with van der Waals surface area (Å²) < 4.78 is 10.3. The number of hydrogen-bond donors (Lipinski definition) is 0. The van der Waals surface area contributed by atoms with Gasteiger partial charge in [-0.25, -0.2) is 0 Å². The third-order valence-electron chi connectivity index (χ3n) is 6.42. The minimum absolute atomic E-state index is 0.0329. The molecular formula is C32H54O4. The van der Waals surface area contributed by atoms with Crippen molar-refractivity contribution < 1.29 is 19.1 Å². The summed E-state index contributed by atoms with van der Waals surface area (Å²) in [5.74, 6) is -0.499. The van der Waals surface area contributed by atoms with Gasteiger partial charge in [-0.3, -0.25) is 9.59 Å². The second-order valence-electron chi connectivity index (χ2n) is 11.1. The van der Waals surface area contributed by atoms with Crippen LogP contribution in [0.2, 0.25) is 0 Å². The van der Waals surface area contributed by atoms with Gasteiger partial charge >= 0.3 is 11.9 Å². The van der Waals surface area contributed by atoms with Crippen molar-refractivity contribution in [2.75, 3.05) is 7.11 Å². The lowest BCUT2D eigenvalue weighted by molar-refractivity contribution is -0.157. The van der Waals surface area contributed by atoms with E-state index in [0.717, 1.165) is 44.9 Å². The fraction of sp³-hybridized carbons (Fsp3) is 0.688. The molecule has 206 valence electrons. The van der Waals surface area contributed by atoms with E-state index in [2.05, 4.69) is 65.8 Å². The summed E-state index contributed by atoms with van der Waals surface area (Å²) in [4.78, 5) is 24.1. The van der Waals surface area contributed by atoms with Gasteiger partial charge < -0.3 is 9.47 Å². The zero-order chi connectivity index (χ0) is 27.7. The first-order valence-electron chi connectivity index (χ1n) is 13.7. The van der Waals surface area contributed by atoms with Gasteiger partial charge in [-0.1, -0.05) is 67.4 Å². The van der Waals surface area contributed by atoms with Crippen LogP contribution < -0.4 is 0 Å². The maximum Gasteiger partial charge on any atom is 0.309 e. The van der Waals surface area contributed by atoms with Crippen molar-refractivity contribution in [2.24, 2.45) is 17.8 Å². The highest BCUT2D eigenvalue weighted by atomic mass is 16.5. The molecule has 0 rings (SSSR count). The molecule has 0 amide bonds. The van der Waals surface area contributed by atoms with Crippen LogP contribution in [0.4, 0.5) is 0 Å². The zero-order valence-electron chi connectivity index (χ0n) is 24.9. The Morgan fingerprint density at radius 2 is 1.28 bits per heavy atom. The van der Waals surface area contributed by atoms with Crippen LogP contribution in [-0.2, 0) is 19.1 Å². The van der Waals surface area contributed by atoms with Gasteiger partial charge in [-0.15, -0.1) is 0 Å². The predicted molar refractivity (Wildman–Crippen MR) is 153 cm³/mol. The summed E-state index contributed by atoms with van der Waals surface area (Å²) in [7, 11) is 1.35. The van der Waals surface area contributed by atoms with E-state index in [9.17, 15) is 9.59 Å². The second-order valence-corrected chi connectivity index (χ2v) is 11.1. The second kappa shape index (κ2) is 19.1. The monoisotopic (exact) mass is 502 g/mol. The minimum atomic E-state index is -0.454.